The summed E-state index contributed by atoms with van der Waals surface area (Å²) in [5.41, 5.74) is 1.46. The van der Waals surface area contributed by atoms with Gasteiger partial charge in [-0.1, -0.05) is 6.92 Å². The maximum atomic E-state index is 12.7. The number of rotatable bonds is 6. The molecule has 1 N–H and O–H groups in total. The smallest absolute Gasteiger partial charge is 0.294 e. The molecular weight excluding hydrogens is 352 g/mol. The zero-order chi connectivity index (χ0) is 18.7. The molecule has 26 heavy (non-hydrogen) atoms. The van der Waals surface area contributed by atoms with Crippen LogP contribution in [0.4, 0.5) is 0 Å². The van der Waals surface area contributed by atoms with Gasteiger partial charge in [-0.05, 0) is 37.6 Å². The van der Waals surface area contributed by atoms with E-state index in [1.165, 1.54) is 16.0 Å². The van der Waals surface area contributed by atoms with Gasteiger partial charge in [0.05, 0.1) is 16.8 Å². The van der Waals surface area contributed by atoms with Gasteiger partial charge in [-0.15, -0.1) is 11.3 Å². The Labute approximate surface area is 154 Å². The van der Waals surface area contributed by atoms with E-state index >= 15 is 0 Å². The number of methoxy groups -OCH3 is 1. The lowest BCUT2D eigenvalue weighted by Crippen LogP contribution is -2.34. The summed E-state index contributed by atoms with van der Waals surface area (Å²) < 4.78 is 7.10. The molecule has 2 heterocycles. The molecule has 0 aliphatic rings. The Bertz CT molecular complexity index is 992. The van der Waals surface area contributed by atoms with Crippen LogP contribution < -0.4 is 15.6 Å². The number of nitrogens with one attached hydrogen (secondary N) is 1. The van der Waals surface area contributed by atoms with Gasteiger partial charge >= 0.3 is 0 Å². The van der Waals surface area contributed by atoms with Crippen molar-refractivity contribution in [3.8, 4) is 17.0 Å². The number of hydrogen-bond acceptors (Lipinski definition) is 6. The molecule has 0 fully saturated rings. The second kappa shape index (κ2) is 7.65. The quantitative estimate of drug-likeness (QED) is 0.718. The number of hydrogen-bond donors (Lipinski definition) is 1. The van der Waals surface area contributed by atoms with E-state index in [2.05, 4.69) is 15.4 Å². The summed E-state index contributed by atoms with van der Waals surface area (Å²) in [5, 5.41) is 8.00. The summed E-state index contributed by atoms with van der Waals surface area (Å²) in [7, 11) is 1.60. The molecule has 7 nitrogen and oxygen atoms in total. The first-order valence-electron chi connectivity index (χ1n) is 8.33. The Balaban J connectivity index is 2.10. The first-order chi connectivity index (χ1) is 12.5. The van der Waals surface area contributed by atoms with E-state index in [-0.39, 0.29) is 18.0 Å². The van der Waals surface area contributed by atoms with Crippen LogP contribution in [0.5, 0.6) is 5.75 Å². The number of carbonyl (C=O) groups excluding carboxylic acids is 1. The third kappa shape index (κ3) is 3.60. The van der Waals surface area contributed by atoms with Crippen LogP contribution >= 0.6 is 11.3 Å². The zero-order valence-corrected chi connectivity index (χ0v) is 15.7. The van der Waals surface area contributed by atoms with E-state index in [9.17, 15) is 9.59 Å². The summed E-state index contributed by atoms with van der Waals surface area (Å²) in [4.78, 5) is 29.1. The lowest BCUT2D eigenvalue weighted by atomic mass is 10.1. The fourth-order valence-electron chi connectivity index (χ4n) is 2.57. The number of carbonyl (C=O) groups is 1. The van der Waals surface area contributed by atoms with Crippen LogP contribution in [0.1, 0.15) is 18.4 Å². The fraction of sp³-hybridized carbons (Fsp3) is 0.333. The Morgan fingerprint density at radius 1 is 1.31 bits per heavy atom. The molecule has 3 aromatic rings. The standard InChI is InChI=1S/C18H20N4O3S/c1-4-9-19-14(23)10-22-18(24)16-17(26-11(2)20-16)15(21-22)12-5-7-13(25-3)8-6-12/h5-8H,4,9-10H2,1-3H3,(H,19,23). The molecule has 0 saturated carbocycles. The minimum Gasteiger partial charge on any atom is -0.497 e. The maximum Gasteiger partial charge on any atom is 0.294 e. The third-order valence-electron chi connectivity index (χ3n) is 3.84. The molecule has 0 unspecified atom stereocenters. The molecule has 0 spiro atoms. The van der Waals surface area contributed by atoms with Gasteiger partial charge < -0.3 is 10.1 Å². The van der Waals surface area contributed by atoms with Gasteiger partial charge in [-0.3, -0.25) is 9.59 Å². The van der Waals surface area contributed by atoms with Gasteiger partial charge in [0, 0.05) is 12.1 Å². The van der Waals surface area contributed by atoms with Crippen LogP contribution in [0.15, 0.2) is 29.1 Å². The highest BCUT2D eigenvalue weighted by molar-refractivity contribution is 7.19. The molecule has 2 aromatic heterocycles. The molecule has 0 saturated heterocycles. The molecule has 1 amide bonds. The Morgan fingerprint density at radius 3 is 2.69 bits per heavy atom. The molecule has 8 heteroatoms. The number of aromatic nitrogens is 3. The topological polar surface area (TPSA) is 86.1 Å². The lowest BCUT2D eigenvalue weighted by molar-refractivity contribution is -0.121. The monoisotopic (exact) mass is 372 g/mol. The molecule has 3 rings (SSSR count). The fourth-order valence-corrected chi connectivity index (χ4v) is 3.48. The number of nitrogens with zero attached hydrogens (tertiary/aromatic N) is 3. The van der Waals surface area contributed by atoms with Crippen LogP contribution in [0.3, 0.4) is 0 Å². The van der Waals surface area contributed by atoms with Gasteiger partial charge in [0.1, 0.15) is 18.0 Å². The van der Waals surface area contributed by atoms with E-state index in [1.54, 1.807) is 7.11 Å². The average molecular weight is 372 g/mol. The van der Waals surface area contributed by atoms with E-state index in [4.69, 9.17) is 4.74 Å². The second-order valence-electron chi connectivity index (χ2n) is 5.80. The minimum atomic E-state index is -0.353. The molecule has 0 atom stereocenters. The third-order valence-corrected chi connectivity index (χ3v) is 4.81. The Morgan fingerprint density at radius 2 is 2.04 bits per heavy atom. The summed E-state index contributed by atoms with van der Waals surface area (Å²) in [6, 6.07) is 7.42. The molecule has 0 aliphatic heterocycles. The highest BCUT2D eigenvalue weighted by Gasteiger charge is 2.17. The molecule has 0 aliphatic carbocycles. The van der Waals surface area contributed by atoms with Gasteiger partial charge in [-0.25, -0.2) is 9.67 Å². The molecule has 136 valence electrons. The van der Waals surface area contributed by atoms with Crippen LogP contribution in [0.25, 0.3) is 21.5 Å². The van der Waals surface area contributed by atoms with Crippen molar-refractivity contribution < 1.29 is 9.53 Å². The highest BCUT2D eigenvalue weighted by atomic mass is 32.1. The van der Waals surface area contributed by atoms with E-state index in [0.717, 1.165) is 27.4 Å². The number of thiazole rings is 1. The number of benzene rings is 1. The Kier molecular flexibility index (Phi) is 5.32. The van der Waals surface area contributed by atoms with Crippen LogP contribution in [0.2, 0.25) is 0 Å². The van der Waals surface area contributed by atoms with Crippen molar-refractivity contribution in [2.24, 2.45) is 0 Å². The average Bonchev–Trinajstić information content (AvgIpc) is 3.04. The first kappa shape index (κ1) is 18.1. The summed E-state index contributed by atoms with van der Waals surface area (Å²) in [6.07, 6.45) is 0.829. The summed E-state index contributed by atoms with van der Waals surface area (Å²) in [5.74, 6) is 0.492. The second-order valence-corrected chi connectivity index (χ2v) is 7.00. The number of ether oxygens (including phenoxy) is 1. The minimum absolute atomic E-state index is 0.130. The van der Waals surface area contributed by atoms with Crippen LogP contribution in [-0.4, -0.2) is 34.3 Å². The van der Waals surface area contributed by atoms with Gasteiger partial charge in [0.2, 0.25) is 5.91 Å². The summed E-state index contributed by atoms with van der Waals surface area (Å²) in [6.45, 7) is 4.25. The Hall–Kier alpha value is -2.74. The van der Waals surface area contributed by atoms with Crippen molar-refractivity contribution in [1.29, 1.82) is 0 Å². The number of fused-ring (bicyclic) bond motifs is 1. The van der Waals surface area contributed by atoms with Crippen molar-refractivity contribution in [2.45, 2.75) is 26.8 Å². The van der Waals surface area contributed by atoms with Crippen molar-refractivity contribution in [1.82, 2.24) is 20.1 Å². The molecular formula is C18H20N4O3S. The zero-order valence-electron chi connectivity index (χ0n) is 14.9. The van der Waals surface area contributed by atoms with E-state index in [1.807, 2.05) is 38.1 Å². The number of amides is 1. The van der Waals surface area contributed by atoms with E-state index < -0.39 is 0 Å². The van der Waals surface area contributed by atoms with E-state index in [0.29, 0.717) is 17.8 Å². The molecule has 0 radical (unpaired) electrons. The predicted octanol–water partition coefficient (Wildman–Crippen LogP) is 2.36. The molecule has 0 bridgehead atoms. The first-order valence-corrected chi connectivity index (χ1v) is 9.14. The molecule has 1 aromatic carbocycles. The van der Waals surface area contributed by atoms with Crippen LogP contribution in [-0.2, 0) is 11.3 Å². The summed E-state index contributed by atoms with van der Waals surface area (Å²) >= 11 is 1.42. The SMILES string of the molecule is CCCNC(=O)Cn1nc(-c2ccc(OC)cc2)c2sc(C)nc2c1=O. The maximum absolute atomic E-state index is 12.7. The van der Waals surface area contributed by atoms with Crippen LogP contribution in [0, 0.1) is 6.92 Å². The van der Waals surface area contributed by atoms with Gasteiger partial charge in [0.25, 0.3) is 5.56 Å². The van der Waals surface area contributed by atoms with Gasteiger partial charge in [0.15, 0.2) is 5.52 Å². The number of aryl methyl sites for hydroxylation is 1. The van der Waals surface area contributed by atoms with Gasteiger partial charge in [-0.2, -0.15) is 5.10 Å². The van der Waals surface area contributed by atoms with Crippen molar-refractivity contribution in [2.75, 3.05) is 13.7 Å². The highest BCUT2D eigenvalue weighted by Crippen LogP contribution is 2.30. The van der Waals surface area contributed by atoms with Crippen molar-refractivity contribution in [3.63, 3.8) is 0 Å². The lowest BCUT2D eigenvalue weighted by Gasteiger charge is -2.09. The van der Waals surface area contributed by atoms with Crippen molar-refractivity contribution >= 4 is 27.5 Å². The predicted molar refractivity (Wildman–Crippen MR) is 102 cm³/mol. The van der Waals surface area contributed by atoms with Crippen molar-refractivity contribution in [3.05, 3.63) is 39.6 Å². The normalized spacial score (nSPS) is 10.9. The largest absolute Gasteiger partial charge is 0.497 e.